The highest BCUT2D eigenvalue weighted by molar-refractivity contribution is 5.33. The van der Waals surface area contributed by atoms with Gasteiger partial charge in [0.05, 0.1) is 55.4 Å². The van der Waals surface area contributed by atoms with Crippen LogP contribution in [0.3, 0.4) is 0 Å². The van der Waals surface area contributed by atoms with Crippen LogP contribution in [0.4, 0.5) is 0 Å². The standard InChI is InChI=1S/C41H68O14/c1-34(2)24(53-32-28(27(47)26(46)22(16-42)52-32)54-33-31(48)41(50,18-43)19-51-33)9-11-40-17-39(40)13-12-36(5)30(38(7)10-8-25(55-38)35(3,4)49)21(45)15-37(36,6)23(39)14-20(44)29(34)40/h20-33,42-50H,8-19H2,1-7H3/t20-,21-,22+,23?,24?,25-,26+,27-,28+,29?,30?,31-,32-,33-,36+,37-,38?,39-,40+,41+/m0/s1. The van der Waals surface area contributed by atoms with E-state index in [0.29, 0.717) is 19.3 Å². The molecule has 0 aromatic rings. The van der Waals surface area contributed by atoms with Crippen molar-refractivity contribution in [3.8, 4) is 0 Å². The van der Waals surface area contributed by atoms with Gasteiger partial charge in [-0.1, -0.05) is 27.7 Å². The van der Waals surface area contributed by atoms with Gasteiger partial charge in [0.2, 0.25) is 0 Å². The third kappa shape index (κ3) is 5.56. The molecular formula is C41H68O14. The second kappa shape index (κ2) is 13.0. The average molecular weight is 785 g/mol. The normalized spacial score (nSPS) is 58.5. The quantitative estimate of drug-likeness (QED) is 0.155. The summed E-state index contributed by atoms with van der Waals surface area (Å²) in [5.74, 6) is -0.0277. The van der Waals surface area contributed by atoms with Crippen molar-refractivity contribution < 1.29 is 69.6 Å². The topological polar surface area (TPSA) is 228 Å². The second-order valence-corrected chi connectivity index (χ2v) is 21.2. The molecule has 0 amide bonds. The zero-order chi connectivity index (χ0) is 40.1. The summed E-state index contributed by atoms with van der Waals surface area (Å²) in [5, 5.41) is 98.2. The Morgan fingerprint density at radius 2 is 1.49 bits per heavy atom. The van der Waals surface area contributed by atoms with Gasteiger partial charge in [-0.15, -0.1) is 0 Å². The van der Waals surface area contributed by atoms with E-state index in [-0.39, 0.29) is 45.5 Å². The Hall–Kier alpha value is -0.560. The molecule has 0 aromatic carbocycles. The highest BCUT2D eigenvalue weighted by Crippen LogP contribution is 2.89. The summed E-state index contributed by atoms with van der Waals surface area (Å²) in [7, 11) is 0. The van der Waals surface area contributed by atoms with Gasteiger partial charge in [0.25, 0.3) is 0 Å². The molecule has 316 valence electrons. The highest BCUT2D eigenvalue weighted by Gasteiger charge is 2.85. The fourth-order valence-electron chi connectivity index (χ4n) is 14.9. The van der Waals surface area contributed by atoms with Crippen LogP contribution in [0.5, 0.6) is 0 Å². The summed E-state index contributed by atoms with van der Waals surface area (Å²) in [6, 6.07) is 0. The first-order valence-electron chi connectivity index (χ1n) is 20.8. The van der Waals surface area contributed by atoms with E-state index in [0.717, 1.165) is 38.5 Å². The molecular weight excluding hydrogens is 716 g/mol. The molecule has 5 aliphatic carbocycles. The van der Waals surface area contributed by atoms with Gasteiger partial charge in [0.1, 0.15) is 36.1 Å². The molecule has 8 fully saturated rings. The molecule has 20 atom stereocenters. The van der Waals surface area contributed by atoms with Crippen LogP contribution in [0.1, 0.15) is 106 Å². The number of aliphatic hydroxyl groups excluding tert-OH is 7. The van der Waals surface area contributed by atoms with Crippen LogP contribution in [0.2, 0.25) is 0 Å². The Kier molecular flexibility index (Phi) is 9.71. The van der Waals surface area contributed by atoms with Crippen molar-refractivity contribution >= 4 is 0 Å². The lowest BCUT2D eigenvalue weighted by Crippen LogP contribution is -2.65. The van der Waals surface area contributed by atoms with Gasteiger partial charge >= 0.3 is 0 Å². The lowest BCUT2D eigenvalue weighted by molar-refractivity contribution is -0.355. The maximum Gasteiger partial charge on any atom is 0.187 e. The first kappa shape index (κ1) is 41.2. The monoisotopic (exact) mass is 784 g/mol. The van der Waals surface area contributed by atoms with Crippen molar-refractivity contribution in [2.75, 3.05) is 19.8 Å². The minimum Gasteiger partial charge on any atom is -0.394 e. The van der Waals surface area contributed by atoms with Gasteiger partial charge < -0.3 is 69.6 Å². The van der Waals surface area contributed by atoms with Crippen molar-refractivity contribution in [2.24, 2.45) is 44.8 Å². The first-order chi connectivity index (χ1) is 25.5. The van der Waals surface area contributed by atoms with Crippen molar-refractivity contribution in [1.82, 2.24) is 0 Å². The molecule has 3 saturated heterocycles. The third-order valence-electron chi connectivity index (χ3n) is 17.7. The molecule has 5 unspecified atom stereocenters. The van der Waals surface area contributed by atoms with Gasteiger partial charge in [0, 0.05) is 5.92 Å². The van der Waals surface area contributed by atoms with E-state index in [1.54, 1.807) is 13.8 Å². The number of ether oxygens (including phenoxy) is 5. The van der Waals surface area contributed by atoms with Gasteiger partial charge in [-0.3, -0.25) is 0 Å². The lowest BCUT2D eigenvalue weighted by Gasteiger charge is -2.65. The molecule has 14 heteroatoms. The molecule has 3 aliphatic heterocycles. The van der Waals surface area contributed by atoms with E-state index in [4.69, 9.17) is 23.7 Å². The molecule has 8 aliphatic rings. The van der Waals surface area contributed by atoms with Crippen molar-refractivity contribution in [1.29, 1.82) is 0 Å². The minimum atomic E-state index is -1.98. The maximum atomic E-state index is 12.4. The summed E-state index contributed by atoms with van der Waals surface area (Å²) >= 11 is 0. The SMILES string of the molecule is CC1(C2[C@@H](O)C[C@@]3(C)C4C[C@H](O)C5C(C)(C)C(O[C@@H]6O[C@H](CO)[C@@H](O)[C@H](O)[C@H]6O[C@@H]6OC[C@](O)(CO)[C@H]6O)CC[C@@]56C[C@@]46CC[C@]23C)CC[C@@H](C(C)(C)O)O1. The number of fused-ring (bicyclic) bond motifs is 2. The minimum absolute atomic E-state index is 0.00376. The Morgan fingerprint density at radius 1 is 0.782 bits per heavy atom. The van der Waals surface area contributed by atoms with Crippen molar-refractivity contribution in [2.45, 2.75) is 191 Å². The fourth-order valence-corrected chi connectivity index (χ4v) is 14.9. The van der Waals surface area contributed by atoms with E-state index in [9.17, 15) is 46.0 Å². The number of rotatable bonds is 8. The number of aliphatic hydroxyl groups is 9. The zero-order valence-corrected chi connectivity index (χ0v) is 33.6. The first-order valence-corrected chi connectivity index (χ1v) is 20.8. The van der Waals surface area contributed by atoms with Crippen LogP contribution in [-0.2, 0) is 23.7 Å². The van der Waals surface area contributed by atoms with E-state index in [1.807, 2.05) is 0 Å². The molecule has 55 heavy (non-hydrogen) atoms. The van der Waals surface area contributed by atoms with Gasteiger partial charge in [-0.2, -0.15) is 0 Å². The van der Waals surface area contributed by atoms with Crippen LogP contribution < -0.4 is 0 Å². The van der Waals surface area contributed by atoms with Crippen LogP contribution in [-0.4, -0.2) is 150 Å². The van der Waals surface area contributed by atoms with E-state index < -0.39 is 103 Å². The largest absolute Gasteiger partial charge is 0.394 e. The number of hydrogen-bond donors (Lipinski definition) is 9. The predicted molar refractivity (Wildman–Crippen MR) is 194 cm³/mol. The van der Waals surface area contributed by atoms with E-state index in [1.165, 1.54) is 0 Å². The van der Waals surface area contributed by atoms with Crippen LogP contribution in [0.15, 0.2) is 0 Å². The molecule has 2 spiro atoms. The lowest BCUT2D eigenvalue weighted by atomic mass is 9.41. The zero-order valence-electron chi connectivity index (χ0n) is 33.6. The smallest absolute Gasteiger partial charge is 0.187 e. The van der Waals surface area contributed by atoms with Gasteiger partial charge in [-0.05, 0) is 117 Å². The Bertz CT molecular complexity index is 1470. The molecule has 14 nitrogen and oxygen atoms in total. The molecule has 3 heterocycles. The summed E-state index contributed by atoms with van der Waals surface area (Å²) in [4.78, 5) is 0. The Morgan fingerprint density at radius 3 is 2.11 bits per heavy atom. The summed E-state index contributed by atoms with van der Waals surface area (Å²) in [6.07, 6.45) is -5.03. The average Bonchev–Trinajstić information content (AvgIpc) is 3.25. The summed E-state index contributed by atoms with van der Waals surface area (Å²) < 4.78 is 30.9. The van der Waals surface area contributed by atoms with Crippen LogP contribution in [0.25, 0.3) is 0 Å². The van der Waals surface area contributed by atoms with Crippen LogP contribution >= 0.6 is 0 Å². The molecule has 0 bridgehead atoms. The van der Waals surface area contributed by atoms with Crippen molar-refractivity contribution in [3.63, 3.8) is 0 Å². The summed E-state index contributed by atoms with van der Waals surface area (Å²) in [6.45, 7) is 12.8. The van der Waals surface area contributed by atoms with E-state index >= 15 is 0 Å². The highest BCUT2D eigenvalue weighted by atomic mass is 16.8. The Labute approximate surface area is 324 Å². The molecule has 0 aromatic heterocycles. The third-order valence-corrected chi connectivity index (χ3v) is 17.7. The molecule has 8 rings (SSSR count). The van der Waals surface area contributed by atoms with E-state index in [2.05, 4.69) is 34.6 Å². The fraction of sp³-hybridized carbons (Fsp3) is 1.00. The molecule has 5 saturated carbocycles. The van der Waals surface area contributed by atoms with Gasteiger partial charge in [-0.25, -0.2) is 0 Å². The Balaban J connectivity index is 1.04. The second-order valence-electron chi connectivity index (χ2n) is 21.2. The predicted octanol–water partition coefficient (Wildman–Crippen LogP) is 0.726. The van der Waals surface area contributed by atoms with Crippen molar-refractivity contribution in [3.05, 3.63) is 0 Å². The maximum absolute atomic E-state index is 12.4. The summed E-state index contributed by atoms with van der Waals surface area (Å²) in [5.41, 5.74) is -4.71. The molecule has 0 radical (unpaired) electrons. The van der Waals surface area contributed by atoms with Crippen LogP contribution in [0, 0.1) is 44.8 Å². The van der Waals surface area contributed by atoms with Gasteiger partial charge in [0.15, 0.2) is 12.6 Å². The molecule has 9 N–H and O–H groups in total. The number of hydrogen-bond acceptors (Lipinski definition) is 14.